The summed E-state index contributed by atoms with van der Waals surface area (Å²) < 4.78 is 46.2. The number of hydrogen-bond donors (Lipinski definition) is 0. The Morgan fingerprint density at radius 1 is 1.11 bits per heavy atom. The molecule has 4 aromatic rings. The Labute approximate surface area is 208 Å². The fourth-order valence-corrected chi connectivity index (χ4v) is 6.58. The van der Waals surface area contributed by atoms with Crippen LogP contribution in [0, 0.1) is 0 Å². The van der Waals surface area contributed by atoms with E-state index in [9.17, 15) is 8.42 Å². The van der Waals surface area contributed by atoms with Crippen molar-refractivity contribution in [1.29, 1.82) is 0 Å². The zero-order valence-corrected chi connectivity index (χ0v) is 21.2. The second kappa shape index (κ2) is 10.1. The number of thiazole rings is 1. The molecule has 1 atom stereocenters. The number of nitrogens with zero attached hydrogens (tertiary/aromatic N) is 3. The molecule has 35 heavy (non-hydrogen) atoms. The summed E-state index contributed by atoms with van der Waals surface area (Å²) in [6, 6.07) is 16.6. The summed E-state index contributed by atoms with van der Waals surface area (Å²) in [5, 5.41) is 3.06. The molecule has 2 aromatic carbocycles. The van der Waals surface area contributed by atoms with Crippen LogP contribution in [-0.2, 0) is 19.5 Å². The van der Waals surface area contributed by atoms with E-state index in [1.807, 2.05) is 35.7 Å². The molecule has 0 spiro atoms. The van der Waals surface area contributed by atoms with Crippen LogP contribution in [0.15, 0.2) is 74.3 Å². The average molecular weight is 514 g/mol. The molecule has 0 bridgehead atoms. The lowest BCUT2D eigenvalue weighted by Gasteiger charge is -2.26. The Bertz CT molecular complexity index is 1450. The van der Waals surface area contributed by atoms with Crippen LogP contribution < -0.4 is 4.80 Å². The number of rotatable bonds is 7. The predicted molar refractivity (Wildman–Crippen MR) is 135 cm³/mol. The number of furan rings is 1. The minimum Gasteiger partial charge on any atom is -0.454 e. The Morgan fingerprint density at radius 3 is 2.57 bits per heavy atom. The molecule has 0 radical (unpaired) electrons. The Kier molecular flexibility index (Phi) is 6.90. The summed E-state index contributed by atoms with van der Waals surface area (Å²) in [4.78, 5) is 5.87. The molecular weight excluding hydrogens is 486 g/mol. The van der Waals surface area contributed by atoms with Gasteiger partial charge in [-0.1, -0.05) is 18.2 Å². The quantitative estimate of drug-likeness (QED) is 0.365. The van der Waals surface area contributed by atoms with Crippen molar-refractivity contribution < 1.29 is 22.3 Å². The third-order valence-corrected chi connectivity index (χ3v) is 8.69. The molecule has 5 rings (SSSR count). The van der Waals surface area contributed by atoms with Gasteiger partial charge < -0.3 is 18.5 Å². The highest BCUT2D eigenvalue weighted by Gasteiger charge is 2.26. The van der Waals surface area contributed by atoms with E-state index >= 15 is 0 Å². The first-order chi connectivity index (χ1) is 17.0. The van der Waals surface area contributed by atoms with Crippen molar-refractivity contribution in [1.82, 2.24) is 8.87 Å². The lowest BCUT2D eigenvalue weighted by atomic mass is 10.2. The monoisotopic (exact) mass is 513 g/mol. The molecule has 0 unspecified atom stereocenters. The van der Waals surface area contributed by atoms with Gasteiger partial charge in [0.05, 0.1) is 42.1 Å². The molecule has 0 amide bonds. The molecule has 1 aliphatic rings. The van der Waals surface area contributed by atoms with Crippen molar-refractivity contribution in [2.45, 2.75) is 17.9 Å². The van der Waals surface area contributed by atoms with Crippen LogP contribution in [0.3, 0.4) is 0 Å². The first-order valence-electron chi connectivity index (χ1n) is 11.4. The molecule has 0 saturated carbocycles. The minimum atomic E-state index is -3.55. The maximum absolute atomic E-state index is 12.9. The summed E-state index contributed by atoms with van der Waals surface area (Å²) in [7, 11) is -1.87. The number of sulfonamides is 1. The SMILES string of the molecule is COC[C@H](C)n1c(-c2cc3ccccc3o2)csc1=Nc1ccc(S(=O)(=O)N2CCOCC2)cc1. The van der Waals surface area contributed by atoms with E-state index in [4.69, 9.17) is 18.9 Å². The van der Waals surface area contributed by atoms with Gasteiger partial charge in [0, 0.05) is 31.0 Å². The molecule has 184 valence electrons. The first-order valence-corrected chi connectivity index (χ1v) is 13.7. The zero-order chi connectivity index (χ0) is 24.4. The topological polar surface area (TPSA) is 86.3 Å². The Hall–Kier alpha value is -2.76. The van der Waals surface area contributed by atoms with Gasteiger partial charge in [-0.15, -0.1) is 11.3 Å². The van der Waals surface area contributed by atoms with E-state index in [2.05, 4.69) is 11.5 Å². The maximum Gasteiger partial charge on any atom is 0.243 e. The van der Waals surface area contributed by atoms with E-state index in [0.717, 1.165) is 27.2 Å². The molecule has 10 heteroatoms. The van der Waals surface area contributed by atoms with Crippen LogP contribution >= 0.6 is 11.3 Å². The van der Waals surface area contributed by atoms with Crippen LogP contribution in [-0.4, -0.2) is 57.3 Å². The number of hydrogen-bond acceptors (Lipinski definition) is 7. The summed E-state index contributed by atoms with van der Waals surface area (Å²) in [6.07, 6.45) is 0. The fourth-order valence-electron chi connectivity index (χ4n) is 4.17. The van der Waals surface area contributed by atoms with Gasteiger partial charge in [-0.25, -0.2) is 13.4 Å². The Balaban J connectivity index is 1.51. The standard InChI is InChI=1S/C25H27N3O5S2/c1-18(16-31-2)28-22(24-15-19-5-3-4-6-23(19)33-24)17-34-25(28)26-20-7-9-21(10-8-20)35(29,30)27-11-13-32-14-12-27/h3-10,15,17-18H,11-14,16H2,1-2H3/t18-/m0/s1. The number of fused-ring (bicyclic) bond motifs is 1. The highest BCUT2D eigenvalue weighted by molar-refractivity contribution is 7.89. The van der Waals surface area contributed by atoms with Crippen molar-refractivity contribution >= 4 is 38.0 Å². The highest BCUT2D eigenvalue weighted by atomic mass is 32.2. The number of aromatic nitrogens is 1. The molecule has 3 heterocycles. The summed E-state index contributed by atoms with van der Waals surface area (Å²) in [5.74, 6) is 0.763. The van der Waals surface area contributed by atoms with Crippen LogP contribution in [0.1, 0.15) is 13.0 Å². The lowest BCUT2D eigenvalue weighted by Crippen LogP contribution is -2.40. The second-order valence-corrected chi connectivity index (χ2v) is 11.1. The summed E-state index contributed by atoms with van der Waals surface area (Å²) >= 11 is 1.50. The molecule has 1 fully saturated rings. The van der Waals surface area contributed by atoms with E-state index < -0.39 is 10.0 Å². The smallest absolute Gasteiger partial charge is 0.243 e. The molecule has 1 saturated heterocycles. The van der Waals surface area contributed by atoms with E-state index in [0.29, 0.717) is 38.6 Å². The van der Waals surface area contributed by atoms with Crippen molar-refractivity contribution in [2.24, 2.45) is 4.99 Å². The van der Waals surface area contributed by atoms with Crippen LogP contribution in [0.25, 0.3) is 22.4 Å². The van der Waals surface area contributed by atoms with Crippen LogP contribution in [0.5, 0.6) is 0 Å². The number of methoxy groups -OCH3 is 1. The largest absolute Gasteiger partial charge is 0.454 e. The van der Waals surface area contributed by atoms with Gasteiger partial charge in [-0.2, -0.15) is 4.31 Å². The molecule has 1 aliphatic heterocycles. The number of ether oxygens (including phenoxy) is 2. The predicted octanol–water partition coefficient (Wildman–Crippen LogP) is 4.42. The van der Waals surface area contributed by atoms with E-state index in [-0.39, 0.29) is 10.9 Å². The normalized spacial score (nSPS) is 16.7. The van der Waals surface area contributed by atoms with Gasteiger partial charge in [0.2, 0.25) is 10.0 Å². The van der Waals surface area contributed by atoms with Gasteiger partial charge in [0.1, 0.15) is 5.58 Å². The van der Waals surface area contributed by atoms with Crippen molar-refractivity contribution in [3.05, 3.63) is 64.8 Å². The highest BCUT2D eigenvalue weighted by Crippen LogP contribution is 2.30. The van der Waals surface area contributed by atoms with Crippen LogP contribution in [0.4, 0.5) is 5.69 Å². The third kappa shape index (κ3) is 4.85. The third-order valence-electron chi connectivity index (χ3n) is 5.94. The van der Waals surface area contributed by atoms with Crippen molar-refractivity contribution in [2.75, 3.05) is 40.0 Å². The van der Waals surface area contributed by atoms with Gasteiger partial charge in [0.25, 0.3) is 0 Å². The van der Waals surface area contributed by atoms with Gasteiger partial charge in [-0.05, 0) is 43.3 Å². The molecule has 0 N–H and O–H groups in total. The molecule has 8 nitrogen and oxygen atoms in total. The first kappa shape index (κ1) is 24.0. The minimum absolute atomic E-state index is 0.00850. The summed E-state index contributed by atoms with van der Waals surface area (Å²) in [5.41, 5.74) is 2.42. The molecule has 2 aromatic heterocycles. The second-order valence-electron chi connectivity index (χ2n) is 8.35. The number of morpholine rings is 1. The van der Waals surface area contributed by atoms with Crippen molar-refractivity contribution in [3.63, 3.8) is 0 Å². The van der Waals surface area contributed by atoms with Crippen LogP contribution in [0.2, 0.25) is 0 Å². The molecular formula is C25H27N3O5S2. The maximum atomic E-state index is 12.9. The van der Waals surface area contributed by atoms with Gasteiger partial charge >= 0.3 is 0 Å². The molecule has 0 aliphatic carbocycles. The number of para-hydroxylation sites is 1. The van der Waals surface area contributed by atoms with Crippen molar-refractivity contribution in [3.8, 4) is 11.5 Å². The van der Waals surface area contributed by atoms with E-state index in [1.54, 1.807) is 31.4 Å². The van der Waals surface area contributed by atoms with Gasteiger partial charge in [-0.3, -0.25) is 0 Å². The zero-order valence-electron chi connectivity index (χ0n) is 19.6. The lowest BCUT2D eigenvalue weighted by molar-refractivity contribution is 0.0730. The Morgan fingerprint density at radius 2 is 1.86 bits per heavy atom. The number of benzene rings is 2. The fraction of sp³-hybridized carbons (Fsp3) is 0.320. The summed E-state index contributed by atoms with van der Waals surface area (Å²) in [6.45, 7) is 4.14. The van der Waals surface area contributed by atoms with E-state index in [1.165, 1.54) is 15.6 Å². The van der Waals surface area contributed by atoms with Gasteiger partial charge in [0.15, 0.2) is 10.6 Å². The average Bonchev–Trinajstić information content (AvgIpc) is 3.49.